The number of hydrogen-bond donors (Lipinski definition) is 2. The lowest BCUT2D eigenvalue weighted by Crippen LogP contribution is -2.34. The molecule has 3 rings (SSSR count). The summed E-state index contributed by atoms with van der Waals surface area (Å²) in [6.45, 7) is 0.104. The molecule has 3 N–H and O–H groups in total. The van der Waals surface area contributed by atoms with Crippen LogP contribution in [0.2, 0.25) is 5.02 Å². The number of anilines is 1. The summed E-state index contributed by atoms with van der Waals surface area (Å²) in [4.78, 5) is 27.3. The Labute approximate surface area is 130 Å². The number of ether oxygens (including phenoxy) is 1. The van der Waals surface area contributed by atoms with Crippen LogP contribution in [-0.2, 0) is 11.3 Å². The molecule has 0 radical (unpaired) electrons. The normalized spacial score (nSPS) is 16.3. The van der Waals surface area contributed by atoms with E-state index in [4.69, 9.17) is 22.1 Å². The van der Waals surface area contributed by atoms with Crippen molar-refractivity contribution in [2.45, 2.75) is 12.6 Å². The molecule has 1 unspecified atom stereocenters. The average Bonchev–Trinajstić information content (AvgIpc) is 2.50. The highest BCUT2D eigenvalue weighted by molar-refractivity contribution is 6.30. The number of hydrogen-bond acceptors (Lipinski definition) is 5. The van der Waals surface area contributed by atoms with E-state index in [2.05, 4.69) is 10.3 Å². The van der Waals surface area contributed by atoms with Crippen molar-refractivity contribution in [1.29, 1.82) is 0 Å². The van der Waals surface area contributed by atoms with Crippen LogP contribution in [-0.4, -0.2) is 22.1 Å². The minimum atomic E-state index is -0.616. The van der Waals surface area contributed by atoms with Crippen LogP contribution >= 0.6 is 11.6 Å². The summed E-state index contributed by atoms with van der Waals surface area (Å²) < 4.78 is 6.67. The van der Waals surface area contributed by atoms with Crippen molar-refractivity contribution in [2.24, 2.45) is 5.73 Å². The van der Waals surface area contributed by atoms with Gasteiger partial charge in [0, 0.05) is 5.02 Å². The molecule has 2 heterocycles. The number of aromatic nitrogens is 2. The van der Waals surface area contributed by atoms with Crippen LogP contribution in [0.5, 0.6) is 5.88 Å². The van der Waals surface area contributed by atoms with E-state index in [0.29, 0.717) is 11.6 Å². The Bertz CT molecular complexity index is 773. The standard InChI is InChI=1S/C14H13ClN4O3/c15-9-3-1-8(2-4-9)10-6-22-13-12(18-10)14(21)19(7-17-13)5-11(16)20/h1-4,7,10,18H,5-6H2,(H2,16,20). The highest BCUT2D eigenvalue weighted by atomic mass is 35.5. The number of halogens is 1. The molecule has 1 aromatic heterocycles. The van der Waals surface area contributed by atoms with Gasteiger partial charge in [-0.25, -0.2) is 4.98 Å². The van der Waals surface area contributed by atoms with Gasteiger partial charge >= 0.3 is 0 Å². The van der Waals surface area contributed by atoms with Crippen LogP contribution in [0.3, 0.4) is 0 Å². The molecule has 1 aromatic carbocycles. The van der Waals surface area contributed by atoms with Crippen LogP contribution in [0, 0.1) is 0 Å². The maximum atomic E-state index is 12.3. The largest absolute Gasteiger partial charge is 0.473 e. The van der Waals surface area contributed by atoms with Crippen LogP contribution in [0.15, 0.2) is 35.4 Å². The van der Waals surface area contributed by atoms with Gasteiger partial charge < -0.3 is 15.8 Å². The summed E-state index contributed by atoms with van der Waals surface area (Å²) >= 11 is 5.87. The van der Waals surface area contributed by atoms with Crippen LogP contribution in [0.1, 0.15) is 11.6 Å². The molecule has 0 spiro atoms. The van der Waals surface area contributed by atoms with Gasteiger partial charge in [-0.05, 0) is 17.7 Å². The fourth-order valence-electron chi connectivity index (χ4n) is 2.24. The fraction of sp³-hybridized carbons (Fsp3) is 0.214. The molecule has 1 amide bonds. The molecule has 0 aliphatic carbocycles. The maximum absolute atomic E-state index is 12.3. The molecule has 1 aliphatic rings. The predicted molar refractivity (Wildman–Crippen MR) is 81.0 cm³/mol. The number of nitrogens with zero attached hydrogens (tertiary/aromatic N) is 2. The van der Waals surface area contributed by atoms with Crippen molar-refractivity contribution < 1.29 is 9.53 Å². The molecule has 1 aliphatic heterocycles. The molecular weight excluding hydrogens is 308 g/mol. The Morgan fingerprint density at radius 3 is 2.86 bits per heavy atom. The Hall–Kier alpha value is -2.54. The fourth-order valence-corrected chi connectivity index (χ4v) is 2.37. The first-order chi connectivity index (χ1) is 10.5. The second kappa shape index (κ2) is 5.69. The van der Waals surface area contributed by atoms with E-state index in [9.17, 15) is 9.59 Å². The smallest absolute Gasteiger partial charge is 0.281 e. The lowest BCUT2D eigenvalue weighted by Gasteiger charge is -2.26. The van der Waals surface area contributed by atoms with E-state index in [0.717, 1.165) is 10.1 Å². The van der Waals surface area contributed by atoms with Gasteiger partial charge in [0.25, 0.3) is 5.56 Å². The molecule has 0 fully saturated rings. The van der Waals surface area contributed by atoms with Crippen molar-refractivity contribution >= 4 is 23.2 Å². The first-order valence-electron chi connectivity index (χ1n) is 6.57. The van der Waals surface area contributed by atoms with Crippen LogP contribution < -0.4 is 21.3 Å². The van der Waals surface area contributed by atoms with Crippen molar-refractivity contribution in [3.8, 4) is 5.88 Å². The third-order valence-electron chi connectivity index (χ3n) is 3.31. The highest BCUT2D eigenvalue weighted by Crippen LogP contribution is 2.29. The van der Waals surface area contributed by atoms with Crippen molar-refractivity contribution in [3.63, 3.8) is 0 Å². The van der Waals surface area contributed by atoms with E-state index in [1.54, 1.807) is 12.1 Å². The molecular formula is C14H13ClN4O3. The van der Waals surface area contributed by atoms with Gasteiger partial charge in [0.05, 0.1) is 6.04 Å². The number of fused-ring (bicyclic) bond motifs is 1. The molecule has 0 bridgehead atoms. The first-order valence-corrected chi connectivity index (χ1v) is 6.95. The second-order valence-corrected chi connectivity index (χ2v) is 5.32. The number of carbonyl (C=O) groups is 1. The summed E-state index contributed by atoms with van der Waals surface area (Å²) in [5, 5.41) is 3.73. The first kappa shape index (κ1) is 14.4. The zero-order chi connectivity index (χ0) is 15.7. The molecule has 22 heavy (non-hydrogen) atoms. The molecule has 1 atom stereocenters. The minimum absolute atomic E-state index is 0.205. The number of carbonyl (C=O) groups excluding carboxylic acids is 1. The molecule has 7 nitrogen and oxygen atoms in total. The van der Waals surface area contributed by atoms with E-state index < -0.39 is 11.5 Å². The van der Waals surface area contributed by atoms with Crippen LogP contribution in [0.25, 0.3) is 0 Å². The van der Waals surface area contributed by atoms with Gasteiger partial charge in [-0.1, -0.05) is 23.7 Å². The quantitative estimate of drug-likeness (QED) is 0.876. The maximum Gasteiger partial charge on any atom is 0.281 e. The second-order valence-electron chi connectivity index (χ2n) is 4.88. The number of amides is 1. The number of nitrogens with one attached hydrogen (secondary N) is 1. The van der Waals surface area contributed by atoms with E-state index in [-0.39, 0.29) is 24.2 Å². The van der Waals surface area contributed by atoms with E-state index >= 15 is 0 Å². The van der Waals surface area contributed by atoms with Crippen molar-refractivity contribution in [2.75, 3.05) is 11.9 Å². The molecule has 2 aromatic rings. The predicted octanol–water partition coefficient (Wildman–Crippen LogP) is 0.928. The van der Waals surface area contributed by atoms with Gasteiger partial charge in [0.15, 0.2) is 5.69 Å². The van der Waals surface area contributed by atoms with E-state index in [1.807, 2.05) is 12.1 Å². The topological polar surface area (TPSA) is 99.2 Å². The number of benzene rings is 1. The molecule has 8 heteroatoms. The Balaban J connectivity index is 1.92. The Morgan fingerprint density at radius 1 is 1.45 bits per heavy atom. The zero-order valence-electron chi connectivity index (χ0n) is 11.5. The number of nitrogens with two attached hydrogens (primary N) is 1. The lowest BCUT2D eigenvalue weighted by molar-refractivity contribution is -0.118. The lowest BCUT2D eigenvalue weighted by atomic mass is 10.1. The van der Waals surface area contributed by atoms with Crippen molar-refractivity contribution in [3.05, 3.63) is 51.5 Å². The minimum Gasteiger partial charge on any atom is -0.473 e. The highest BCUT2D eigenvalue weighted by Gasteiger charge is 2.25. The number of rotatable bonds is 3. The molecule has 0 saturated carbocycles. The summed E-state index contributed by atoms with van der Waals surface area (Å²) in [5.41, 5.74) is 5.86. The Morgan fingerprint density at radius 2 is 2.18 bits per heavy atom. The third kappa shape index (κ3) is 2.75. The number of primary amides is 1. The van der Waals surface area contributed by atoms with E-state index in [1.165, 1.54) is 6.33 Å². The van der Waals surface area contributed by atoms with Gasteiger partial charge in [-0.3, -0.25) is 14.2 Å². The van der Waals surface area contributed by atoms with Gasteiger partial charge in [-0.15, -0.1) is 0 Å². The zero-order valence-corrected chi connectivity index (χ0v) is 12.2. The SMILES string of the molecule is NC(=O)Cn1cnc2c(c1=O)NC(c1ccc(Cl)cc1)CO2. The summed E-state index contributed by atoms with van der Waals surface area (Å²) in [6, 6.07) is 7.04. The van der Waals surface area contributed by atoms with Gasteiger partial charge in [0.2, 0.25) is 11.8 Å². The molecule has 0 saturated heterocycles. The average molecular weight is 321 g/mol. The monoisotopic (exact) mass is 320 g/mol. The van der Waals surface area contributed by atoms with Gasteiger partial charge in [0.1, 0.15) is 19.5 Å². The third-order valence-corrected chi connectivity index (χ3v) is 3.56. The van der Waals surface area contributed by atoms with Crippen molar-refractivity contribution in [1.82, 2.24) is 9.55 Å². The van der Waals surface area contributed by atoms with Crippen LogP contribution in [0.4, 0.5) is 5.69 Å². The van der Waals surface area contributed by atoms with Gasteiger partial charge in [-0.2, -0.15) is 0 Å². The Kier molecular flexibility index (Phi) is 3.72. The summed E-state index contributed by atoms with van der Waals surface area (Å²) in [6.07, 6.45) is 1.25. The summed E-state index contributed by atoms with van der Waals surface area (Å²) in [5.74, 6) is -0.397. The molecule has 114 valence electrons. The summed E-state index contributed by atoms with van der Waals surface area (Å²) in [7, 11) is 0.